The van der Waals surface area contributed by atoms with Crippen molar-refractivity contribution in [1.82, 2.24) is 10.2 Å². The van der Waals surface area contributed by atoms with Gasteiger partial charge in [0.25, 0.3) is 5.91 Å². The van der Waals surface area contributed by atoms with E-state index >= 15 is 0 Å². The number of amides is 1. The number of hydrogen-bond donors (Lipinski definition) is 2. The van der Waals surface area contributed by atoms with Gasteiger partial charge in [-0.15, -0.1) is 10.2 Å². The van der Waals surface area contributed by atoms with E-state index in [0.29, 0.717) is 28.8 Å². The first kappa shape index (κ1) is 16.2. The highest BCUT2D eigenvalue weighted by atomic mass is 35.5. The van der Waals surface area contributed by atoms with Crippen molar-refractivity contribution in [3.63, 3.8) is 0 Å². The first-order chi connectivity index (χ1) is 10.7. The number of carbonyl (C=O) groups excluding carboxylic acids is 1. The Morgan fingerprint density at radius 1 is 1.23 bits per heavy atom. The molecule has 22 heavy (non-hydrogen) atoms. The Hall–Kier alpha value is -2.18. The van der Waals surface area contributed by atoms with E-state index in [1.807, 2.05) is 0 Å². The number of benzene rings is 1. The first-order valence-corrected chi connectivity index (χ1v) is 7.20. The SMILES string of the molecule is COCCCNc1ccc(NC(=O)c2cccc(Cl)c2)nn1. The van der Waals surface area contributed by atoms with Crippen LogP contribution in [0.4, 0.5) is 11.6 Å². The molecule has 0 atom stereocenters. The zero-order valence-electron chi connectivity index (χ0n) is 12.2. The first-order valence-electron chi connectivity index (χ1n) is 6.82. The number of ether oxygens (including phenoxy) is 1. The van der Waals surface area contributed by atoms with Gasteiger partial charge in [-0.25, -0.2) is 0 Å². The van der Waals surface area contributed by atoms with Crippen molar-refractivity contribution in [2.24, 2.45) is 0 Å². The number of hydrogen-bond acceptors (Lipinski definition) is 5. The standard InChI is InChI=1S/C15H17ClN4O2/c1-22-9-3-8-17-13-6-7-14(20-19-13)18-15(21)11-4-2-5-12(16)10-11/h2,4-7,10H,3,8-9H2,1H3,(H,17,19)(H,18,20,21). The molecule has 0 saturated carbocycles. The number of nitrogens with one attached hydrogen (secondary N) is 2. The molecule has 116 valence electrons. The van der Waals surface area contributed by atoms with E-state index in [0.717, 1.165) is 13.0 Å². The summed E-state index contributed by atoms with van der Waals surface area (Å²) in [5.74, 6) is 0.752. The molecular formula is C15H17ClN4O2. The second-order valence-corrected chi connectivity index (χ2v) is 4.98. The lowest BCUT2D eigenvalue weighted by Crippen LogP contribution is -2.14. The third-order valence-electron chi connectivity index (χ3n) is 2.82. The van der Waals surface area contributed by atoms with Gasteiger partial charge in [-0.2, -0.15) is 0 Å². The summed E-state index contributed by atoms with van der Waals surface area (Å²) in [5.41, 5.74) is 0.469. The summed E-state index contributed by atoms with van der Waals surface area (Å²) in [7, 11) is 1.66. The number of aromatic nitrogens is 2. The summed E-state index contributed by atoms with van der Waals surface area (Å²) < 4.78 is 4.96. The Morgan fingerprint density at radius 3 is 2.68 bits per heavy atom. The van der Waals surface area contributed by atoms with Gasteiger partial charge in [-0.05, 0) is 36.8 Å². The summed E-state index contributed by atoms with van der Waals surface area (Å²) in [5, 5.41) is 14.2. The molecule has 2 aromatic rings. The maximum Gasteiger partial charge on any atom is 0.256 e. The molecule has 0 aliphatic carbocycles. The monoisotopic (exact) mass is 320 g/mol. The lowest BCUT2D eigenvalue weighted by Gasteiger charge is -2.06. The van der Waals surface area contributed by atoms with E-state index in [9.17, 15) is 4.79 Å². The predicted octanol–water partition coefficient (Wildman–Crippen LogP) is 2.83. The van der Waals surface area contributed by atoms with Crippen LogP contribution in [0.1, 0.15) is 16.8 Å². The van der Waals surface area contributed by atoms with Gasteiger partial charge in [0.15, 0.2) is 5.82 Å². The van der Waals surface area contributed by atoms with Crippen LogP contribution in [0, 0.1) is 0 Å². The molecule has 1 heterocycles. The highest BCUT2D eigenvalue weighted by molar-refractivity contribution is 6.31. The highest BCUT2D eigenvalue weighted by Gasteiger charge is 2.07. The zero-order valence-corrected chi connectivity index (χ0v) is 12.9. The summed E-state index contributed by atoms with van der Waals surface area (Å²) >= 11 is 5.86. The van der Waals surface area contributed by atoms with E-state index in [4.69, 9.17) is 16.3 Å². The normalized spacial score (nSPS) is 10.3. The van der Waals surface area contributed by atoms with Gasteiger partial charge in [0.05, 0.1) is 0 Å². The van der Waals surface area contributed by atoms with Gasteiger partial charge < -0.3 is 15.4 Å². The van der Waals surface area contributed by atoms with Crippen molar-refractivity contribution in [2.45, 2.75) is 6.42 Å². The lowest BCUT2D eigenvalue weighted by atomic mass is 10.2. The van der Waals surface area contributed by atoms with Crippen LogP contribution in [0.25, 0.3) is 0 Å². The highest BCUT2D eigenvalue weighted by Crippen LogP contribution is 2.13. The van der Waals surface area contributed by atoms with Gasteiger partial charge in [-0.3, -0.25) is 4.79 Å². The van der Waals surface area contributed by atoms with Gasteiger partial charge in [0.1, 0.15) is 5.82 Å². The van der Waals surface area contributed by atoms with E-state index < -0.39 is 0 Å². The molecule has 2 rings (SSSR count). The molecule has 0 aliphatic rings. The Kier molecular flexibility index (Phi) is 6.12. The molecule has 0 unspecified atom stereocenters. The quantitative estimate of drug-likeness (QED) is 0.767. The van der Waals surface area contributed by atoms with Crippen LogP contribution in [-0.2, 0) is 4.74 Å². The maximum atomic E-state index is 12.0. The van der Waals surface area contributed by atoms with Gasteiger partial charge in [0.2, 0.25) is 0 Å². The molecule has 0 aliphatic heterocycles. The molecule has 0 spiro atoms. The fraction of sp³-hybridized carbons (Fsp3) is 0.267. The summed E-state index contributed by atoms with van der Waals surface area (Å²) in [6, 6.07) is 10.1. The zero-order chi connectivity index (χ0) is 15.8. The predicted molar refractivity (Wildman–Crippen MR) is 86.4 cm³/mol. The van der Waals surface area contributed by atoms with Crippen molar-refractivity contribution in [1.29, 1.82) is 0 Å². The molecule has 0 fully saturated rings. The van der Waals surface area contributed by atoms with E-state index in [2.05, 4.69) is 20.8 Å². The molecule has 1 aromatic heterocycles. The Balaban J connectivity index is 1.89. The number of rotatable bonds is 7. The molecule has 0 bridgehead atoms. The van der Waals surface area contributed by atoms with E-state index in [-0.39, 0.29) is 5.91 Å². The summed E-state index contributed by atoms with van der Waals surface area (Å²) in [6.07, 6.45) is 0.880. The van der Waals surface area contributed by atoms with Crippen LogP contribution < -0.4 is 10.6 Å². The number of nitrogens with zero attached hydrogens (tertiary/aromatic N) is 2. The van der Waals surface area contributed by atoms with Crippen molar-refractivity contribution >= 4 is 29.1 Å². The Labute approximate surface area is 133 Å². The number of anilines is 2. The average Bonchev–Trinajstić information content (AvgIpc) is 2.53. The van der Waals surface area contributed by atoms with Crippen LogP contribution in [0.3, 0.4) is 0 Å². The maximum absolute atomic E-state index is 12.0. The Bertz CT molecular complexity index is 619. The van der Waals surface area contributed by atoms with E-state index in [1.165, 1.54) is 0 Å². The largest absolute Gasteiger partial charge is 0.385 e. The minimum Gasteiger partial charge on any atom is -0.385 e. The molecule has 0 radical (unpaired) electrons. The van der Waals surface area contributed by atoms with Crippen LogP contribution in [0.5, 0.6) is 0 Å². The van der Waals surface area contributed by atoms with E-state index in [1.54, 1.807) is 43.5 Å². The van der Waals surface area contributed by atoms with Crippen LogP contribution in [-0.4, -0.2) is 36.4 Å². The Morgan fingerprint density at radius 2 is 2.00 bits per heavy atom. The number of carbonyl (C=O) groups is 1. The number of halogens is 1. The second-order valence-electron chi connectivity index (χ2n) is 4.54. The molecule has 0 saturated heterocycles. The molecule has 7 heteroatoms. The molecule has 1 aromatic carbocycles. The topological polar surface area (TPSA) is 76.1 Å². The molecule has 6 nitrogen and oxygen atoms in total. The smallest absolute Gasteiger partial charge is 0.256 e. The van der Waals surface area contributed by atoms with Gasteiger partial charge >= 0.3 is 0 Å². The van der Waals surface area contributed by atoms with Crippen LogP contribution in [0.15, 0.2) is 36.4 Å². The van der Waals surface area contributed by atoms with Crippen molar-refractivity contribution in [2.75, 3.05) is 30.9 Å². The molecule has 2 N–H and O–H groups in total. The fourth-order valence-electron chi connectivity index (χ4n) is 1.74. The molecule has 1 amide bonds. The van der Waals surface area contributed by atoms with Crippen molar-refractivity contribution < 1.29 is 9.53 Å². The summed E-state index contributed by atoms with van der Waals surface area (Å²) in [6.45, 7) is 1.44. The third kappa shape index (κ3) is 4.98. The van der Waals surface area contributed by atoms with Gasteiger partial charge in [-0.1, -0.05) is 17.7 Å². The van der Waals surface area contributed by atoms with Gasteiger partial charge in [0, 0.05) is 30.8 Å². The molecular weight excluding hydrogens is 304 g/mol. The minimum absolute atomic E-state index is 0.280. The second kappa shape index (κ2) is 8.31. The van der Waals surface area contributed by atoms with Crippen LogP contribution >= 0.6 is 11.6 Å². The lowest BCUT2D eigenvalue weighted by molar-refractivity contribution is 0.102. The van der Waals surface area contributed by atoms with Crippen molar-refractivity contribution in [3.05, 3.63) is 47.0 Å². The third-order valence-corrected chi connectivity index (χ3v) is 3.06. The van der Waals surface area contributed by atoms with Crippen LogP contribution in [0.2, 0.25) is 5.02 Å². The summed E-state index contributed by atoms with van der Waals surface area (Å²) in [4.78, 5) is 12.0. The average molecular weight is 321 g/mol. The number of methoxy groups -OCH3 is 1. The minimum atomic E-state index is -0.280. The fourth-order valence-corrected chi connectivity index (χ4v) is 1.93. The van der Waals surface area contributed by atoms with Crippen molar-refractivity contribution in [3.8, 4) is 0 Å².